The SMILES string of the molecule is CC(C)c1nc2c([nH]1)CC(C(=O)NCc1cncnc1N)CC2. The molecule has 1 aliphatic carbocycles. The summed E-state index contributed by atoms with van der Waals surface area (Å²) in [6, 6.07) is 0. The van der Waals surface area contributed by atoms with Crippen molar-refractivity contribution in [3.05, 3.63) is 35.3 Å². The molecule has 0 spiro atoms. The molecular formula is C16H22N6O. The largest absolute Gasteiger partial charge is 0.383 e. The van der Waals surface area contributed by atoms with Gasteiger partial charge in [0.15, 0.2) is 0 Å². The Labute approximate surface area is 135 Å². The third-order valence-electron chi connectivity index (χ3n) is 4.26. The Kier molecular flexibility index (Phi) is 4.27. The van der Waals surface area contributed by atoms with Gasteiger partial charge in [0.05, 0.1) is 5.69 Å². The third-order valence-corrected chi connectivity index (χ3v) is 4.26. The molecule has 0 saturated heterocycles. The number of hydrogen-bond donors (Lipinski definition) is 3. The van der Waals surface area contributed by atoms with Crippen LogP contribution in [0.2, 0.25) is 0 Å². The number of imidazole rings is 1. The molecule has 0 radical (unpaired) electrons. The van der Waals surface area contributed by atoms with Gasteiger partial charge >= 0.3 is 0 Å². The number of fused-ring (bicyclic) bond motifs is 1. The molecule has 1 aliphatic rings. The quantitative estimate of drug-likeness (QED) is 0.788. The zero-order chi connectivity index (χ0) is 16.4. The van der Waals surface area contributed by atoms with E-state index in [1.165, 1.54) is 6.33 Å². The van der Waals surface area contributed by atoms with Crippen LogP contribution in [0.25, 0.3) is 0 Å². The molecule has 1 atom stereocenters. The van der Waals surface area contributed by atoms with E-state index in [-0.39, 0.29) is 11.8 Å². The maximum atomic E-state index is 12.4. The number of carbonyl (C=O) groups excluding carboxylic acids is 1. The number of rotatable bonds is 4. The fraction of sp³-hybridized carbons (Fsp3) is 0.500. The van der Waals surface area contributed by atoms with E-state index in [4.69, 9.17) is 5.73 Å². The van der Waals surface area contributed by atoms with E-state index < -0.39 is 0 Å². The molecule has 0 saturated carbocycles. The number of aromatic nitrogens is 4. The van der Waals surface area contributed by atoms with Gasteiger partial charge in [0.2, 0.25) is 5.91 Å². The second kappa shape index (κ2) is 6.36. The molecule has 2 heterocycles. The molecule has 0 bridgehead atoms. The summed E-state index contributed by atoms with van der Waals surface area (Å²) in [5.41, 5.74) is 8.71. The van der Waals surface area contributed by atoms with Crippen molar-refractivity contribution >= 4 is 11.7 Å². The minimum Gasteiger partial charge on any atom is -0.383 e. The Morgan fingerprint density at radius 1 is 1.52 bits per heavy atom. The van der Waals surface area contributed by atoms with E-state index in [1.807, 2.05) is 0 Å². The standard InChI is InChI=1S/C16H22N6O/c1-9(2)15-21-12-4-3-10(5-13(12)22-15)16(23)19-7-11-6-18-8-20-14(11)17/h6,8-10H,3-5,7H2,1-2H3,(H,19,23)(H,21,22)(H2,17,18,20). The van der Waals surface area contributed by atoms with Gasteiger partial charge in [0.1, 0.15) is 18.0 Å². The van der Waals surface area contributed by atoms with Crippen LogP contribution in [0.15, 0.2) is 12.5 Å². The van der Waals surface area contributed by atoms with Crippen LogP contribution in [-0.2, 0) is 24.2 Å². The predicted octanol–water partition coefficient (Wildman–Crippen LogP) is 1.33. The molecule has 0 fully saturated rings. The fourth-order valence-electron chi connectivity index (χ4n) is 2.83. The van der Waals surface area contributed by atoms with E-state index in [9.17, 15) is 4.79 Å². The van der Waals surface area contributed by atoms with Gasteiger partial charge in [0, 0.05) is 42.3 Å². The van der Waals surface area contributed by atoms with Gasteiger partial charge in [0.25, 0.3) is 0 Å². The highest BCUT2D eigenvalue weighted by atomic mass is 16.1. The Balaban J connectivity index is 1.62. The molecule has 0 aromatic carbocycles. The molecule has 2 aromatic rings. The summed E-state index contributed by atoms with van der Waals surface area (Å²) in [6.45, 7) is 4.58. The third kappa shape index (κ3) is 3.33. The van der Waals surface area contributed by atoms with Crippen LogP contribution in [0.3, 0.4) is 0 Å². The maximum Gasteiger partial charge on any atom is 0.223 e. The molecule has 4 N–H and O–H groups in total. The summed E-state index contributed by atoms with van der Waals surface area (Å²) in [4.78, 5) is 28.3. The lowest BCUT2D eigenvalue weighted by Gasteiger charge is -2.20. The average molecular weight is 314 g/mol. The van der Waals surface area contributed by atoms with Gasteiger partial charge in [-0.15, -0.1) is 0 Å². The first kappa shape index (κ1) is 15.5. The second-order valence-corrected chi connectivity index (χ2v) is 6.29. The molecule has 1 amide bonds. The zero-order valence-corrected chi connectivity index (χ0v) is 13.5. The number of amides is 1. The van der Waals surface area contributed by atoms with Gasteiger partial charge in [-0.3, -0.25) is 4.79 Å². The van der Waals surface area contributed by atoms with Crippen LogP contribution >= 0.6 is 0 Å². The maximum absolute atomic E-state index is 12.4. The van der Waals surface area contributed by atoms with Crippen molar-refractivity contribution in [3.63, 3.8) is 0 Å². The number of carbonyl (C=O) groups is 1. The lowest BCUT2D eigenvalue weighted by atomic mass is 9.89. The lowest BCUT2D eigenvalue weighted by Crippen LogP contribution is -2.34. The minimum absolute atomic E-state index is 0.0335. The first-order valence-electron chi connectivity index (χ1n) is 7.94. The van der Waals surface area contributed by atoms with E-state index in [2.05, 4.69) is 39.1 Å². The predicted molar refractivity (Wildman–Crippen MR) is 86.5 cm³/mol. The number of nitrogen functional groups attached to an aromatic ring is 1. The number of nitrogens with two attached hydrogens (primary N) is 1. The fourth-order valence-corrected chi connectivity index (χ4v) is 2.83. The number of anilines is 1. The summed E-state index contributed by atoms with van der Waals surface area (Å²) in [5, 5.41) is 2.94. The first-order chi connectivity index (χ1) is 11.0. The van der Waals surface area contributed by atoms with Crippen molar-refractivity contribution in [2.75, 3.05) is 5.73 Å². The summed E-state index contributed by atoms with van der Waals surface area (Å²) in [6.07, 6.45) is 5.40. The van der Waals surface area contributed by atoms with Gasteiger partial charge < -0.3 is 16.0 Å². The van der Waals surface area contributed by atoms with Crippen molar-refractivity contribution < 1.29 is 4.79 Å². The van der Waals surface area contributed by atoms with Crippen LogP contribution in [0.1, 0.15) is 49.0 Å². The molecule has 1 unspecified atom stereocenters. The number of nitrogens with one attached hydrogen (secondary N) is 2. The van der Waals surface area contributed by atoms with Crippen LogP contribution in [0.5, 0.6) is 0 Å². The average Bonchev–Trinajstić information content (AvgIpc) is 2.97. The van der Waals surface area contributed by atoms with Crippen molar-refractivity contribution in [3.8, 4) is 0 Å². The molecule has 2 aromatic heterocycles. The summed E-state index contributed by atoms with van der Waals surface area (Å²) in [5.74, 6) is 1.79. The van der Waals surface area contributed by atoms with E-state index in [0.717, 1.165) is 35.6 Å². The van der Waals surface area contributed by atoms with Crippen LogP contribution in [-0.4, -0.2) is 25.8 Å². The molecule has 3 rings (SSSR count). The molecule has 7 nitrogen and oxygen atoms in total. The van der Waals surface area contributed by atoms with Crippen molar-refractivity contribution in [2.45, 2.75) is 45.6 Å². The van der Waals surface area contributed by atoms with E-state index >= 15 is 0 Å². The van der Waals surface area contributed by atoms with Crippen molar-refractivity contribution in [2.24, 2.45) is 5.92 Å². The number of aryl methyl sites for hydroxylation is 1. The highest BCUT2D eigenvalue weighted by Gasteiger charge is 2.27. The summed E-state index contributed by atoms with van der Waals surface area (Å²) >= 11 is 0. The smallest absolute Gasteiger partial charge is 0.223 e. The van der Waals surface area contributed by atoms with Gasteiger partial charge in [-0.25, -0.2) is 15.0 Å². The number of H-pyrrole nitrogens is 1. The Morgan fingerprint density at radius 3 is 3.09 bits per heavy atom. The highest BCUT2D eigenvalue weighted by molar-refractivity contribution is 5.79. The lowest BCUT2D eigenvalue weighted by molar-refractivity contribution is -0.125. The van der Waals surface area contributed by atoms with Gasteiger partial charge in [-0.1, -0.05) is 13.8 Å². The normalized spacial score (nSPS) is 17.1. The molecule has 0 aliphatic heterocycles. The van der Waals surface area contributed by atoms with E-state index in [0.29, 0.717) is 24.7 Å². The first-order valence-corrected chi connectivity index (χ1v) is 7.94. The molecule has 23 heavy (non-hydrogen) atoms. The Morgan fingerprint density at radius 2 is 2.35 bits per heavy atom. The van der Waals surface area contributed by atoms with E-state index in [1.54, 1.807) is 6.20 Å². The number of hydrogen-bond acceptors (Lipinski definition) is 5. The Bertz CT molecular complexity index is 708. The summed E-state index contributed by atoms with van der Waals surface area (Å²) < 4.78 is 0. The van der Waals surface area contributed by atoms with Crippen LogP contribution < -0.4 is 11.1 Å². The highest BCUT2D eigenvalue weighted by Crippen LogP contribution is 2.26. The van der Waals surface area contributed by atoms with Gasteiger partial charge in [-0.2, -0.15) is 0 Å². The van der Waals surface area contributed by atoms with Crippen molar-refractivity contribution in [1.29, 1.82) is 0 Å². The van der Waals surface area contributed by atoms with Crippen molar-refractivity contribution in [1.82, 2.24) is 25.3 Å². The number of aromatic amines is 1. The summed E-state index contributed by atoms with van der Waals surface area (Å²) in [7, 11) is 0. The second-order valence-electron chi connectivity index (χ2n) is 6.29. The van der Waals surface area contributed by atoms with Crippen LogP contribution in [0, 0.1) is 5.92 Å². The minimum atomic E-state index is -0.0335. The number of nitrogens with zero attached hydrogens (tertiary/aromatic N) is 3. The molecule has 122 valence electrons. The van der Waals surface area contributed by atoms with Crippen LogP contribution in [0.4, 0.5) is 5.82 Å². The van der Waals surface area contributed by atoms with Gasteiger partial charge in [-0.05, 0) is 12.8 Å². The molecular weight excluding hydrogens is 292 g/mol. The topological polar surface area (TPSA) is 110 Å². The Hall–Kier alpha value is -2.44. The monoisotopic (exact) mass is 314 g/mol. The zero-order valence-electron chi connectivity index (χ0n) is 13.5. The molecule has 7 heteroatoms.